The number of ether oxygens (including phenoxy) is 1. The fourth-order valence-electron chi connectivity index (χ4n) is 4.95. The maximum absolute atomic E-state index is 8.66. The summed E-state index contributed by atoms with van der Waals surface area (Å²) in [5, 5.41) is 13.1. The van der Waals surface area contributed by atoms with Gasteiger partial charge in [0.25, 0.3) is 0 Å². The zero-order valence-corrected chi connectivity index (χ0v) is 15.5. The van der Waals surface area contributed by atoms with Crippen LogP contribution in [-0.2, 0) is 10.3 Å². The Morgan fingerprint density at radius 2 is 1.72 bits per heavy atom. The highest BCUT2D eigenvalue weighted by atomic mass is 35.5. The van der Waals surface area contributed by atoms with E-state index in [9.17, 15) is 0 Å². The number of nitrogens with one attached hydrogen (secondary N) is 2. The Labute approximate surface area is 155 Å². The minimum Gasteiger partial charge on any atom is -0.381 e. The highest BCUT2D eigenvalue weighted by Gasteiger charge is 2.49. The Hall–Kier alpha value is -1.26. The first kappa shape index (κ1) is 17.2. The summed E-state index contributed by atoms with van der Waals surface area (Å²) in [6.07, 6.45) is 8.46. The van der Waals surface area contributed by atoms with Gasteiger partial charge in [0.05, 0.1) is 5.54 Å². The molecule has 1 aliphatic carbocycles. The first-order chi connectivity index (χ1) is 12.2. The molecule has 0 radical (unpaired) electrons. The maximum Gasteiger partial charge on any atom is 0.192 e. The number of hydrogen-bond donors (Lipinski definition) is 2. The summed E-state index contributed by atoms with van der Waals surface area (Å²) in [5.74, 6) is 1.17. The van der Waals surface area contributed by atoms with Crippen molar-refractivity contribution in [3.8, 4) is 0 Å². The molecular weight excluding hydrogens is 334 g/mol. The molecule has 2 heterocycles. The normalized spacial score (nSPS) is 29.0. The van der Waals surface area contributed by atoms with Crippen LogP contribution in [0.25, 0.3) is 0 Å². The monoisotopic (exact) mass is 361 g/mol. The second-order valence-electron chi connectivity index (χ2n) is 7.76. The molecule has 1 aromatic carbocycles. The molecule has 1 atom stereocenters. The van der Waals surface area contributed by atoms with Crippen molar-refractivity contribution in [2.45, 2.75) is 56.5 Å². The summed E-state index contributed by atoms with van der Waals surface area (Å²) in [5.41, 5.74) is 1.13. The average Bonchev–Trinajstić information content (AvgIpc) is 3.02. The minimum absolute atomic E-state index is 0.152. The molecule has 5 heteroatoms. The van der Waals surface area contributed by atoms with Gasteiger partial charge in [-0.1, -0.05) is 43.0 Å². The first-order valence-corrected chi connectivity index (χ1v) is 10.0. The topological polar surface area (TPSA) is 48.4 Å². The summed E-state index contributed by atoms with van der Waals surface area (Å²) in [7, 11) is 0. The van der Waals surface area contributed by atoms with Gasteiger partial charge in [-0.3, -0.25) is 5.41 Å². The molecule has 0 aromatic heterocycles. The van der Waals surface area contributed by atoms with Gasteiger partial charge in [-0.25, -0.2) is 0 Å². The molecule has 4 nitrogen and oxygen atoms in total. The molecule has 0 amide bonds. The fourth-order valence-corrected chi connectivity index (χ4v) is 5.08. The van der Waals surface area contributed by atoms with Crippen molar-refractivity contribution in [2.24, 2.45) is 5.92 Å². The Morgan fingerprint density at radius 1 is 1.04 bits per heavy atom. The van der Waals surface area contributed by atoms with Gasteiger partial charge in [-0.15, -0.1) is 0 Å². The van der Waals surface area contributed by atoms with E-state index in [1.54, 1.807) is 0 Å². The van der Waals surface area contributed by atoms with Crippen molar-refractivity contribution in [1.82, 2.24) is 10.2 Å². The van der Waals surface area contributed by atoms with Crippen molar-refractivity contribution in [2.75, 3.05) is 19.8 Å². The number of rotatable bonds is 3. The maximum atomic E-state index is 8.66. The molecule has 1 saturated carbocycles. The van der Waals surface area contributed by atoms with E-state index in [0.717, 1.165) is 37.6 Å². The van der Waals surface area contributed by atoms with Gasteiger partial charge in [0.1, 0.15) is 0 Å². The van der Waals surface area contributed by atoms with Crippen LogP contribution in [0, 0.1) is 11.3 Å². The summed E-state index contributed by atoms with van der Waals surface area (Å²) >= 11 is 6.14. The van der Waals surface area contributed by atoms with E-state index in [0.29, 0.717) is 17.9 Å². The number of halogens is 1. The van der Waals surface area contributed by atoms with Crippen molar-refractivity contribution in [3.63, 3.8) is 0 Å². The van der Waals surface area contributed by atoms with E-state index in [-0.39, 0.29) is 5.54 Å². The van der Waals surface area contributed by atoms with Crippen LogP contribution < -0.4 is 5.32 Å². The SMILES string of the molecule is N=C1NC(c2ccc(Cl)cc2)(C2CCCCC2)CN1C1CCOCC1. The minimum atomic E-state index is -0.152. The van der Waals surface area contributed by atoms with Crippen LogP contribution in [0.3, 0.4) is 0 Å². The average molecular weight is 362 g/mol. The number of benzene rings is 1. The Bertz CT molecular complexity index is 608. The molecule has 2 aliphatic heterocycles. The highest BCUT2D eigenvalue weighted by molar-refractivity contribution is 6.30. The van der Waals surface area contributed by atoms with Crippen molar-refractivity contribution in [3.05, 3.63) is 34.9 Å². The largest absolute Gasteiger partial charge is 0.381 e. The van der Waals surface area contributed by atoms with Gasteiger partial charge < -0.3 is 15.0 Å². The van der Waals surface area contributed by atoms with E-state index in [1.165, 1.54) is 37.7 Å². The second kappa shape index (κ2) is 7.16. The van der Waals surface area contributed by atoms with Crippen molar-refractivity contribution >= 4 is 17.6 Å². The molecule has 2 saturated heterocycles. The molecular formula is C20H28ClN3O. The first-order valence-electron chi connectivity index (χ1n) is 9.66. The van der Waals surface area contributed by atoms with Gasteiger partial charge in [-0.2, -0.15) is 0 Å². The smallest absolute Gasteiger partial charge is 0.192 e. The molecule has 0 spiro atoms. The van der Waals surface area contributed by atoms with Crippen LogP contribution in [-0.4, -0.2) is 36.7 Å². The van der Waals surface area contributed by atoms with Gasteiger partial charge in [0, 0.05) is 30.8 Å². The van der Waals surface area contributed by atoms with Crippen LogP contribution in [0.15, 0.2) is 24.3 Å². The molecule has 3 aliphatic rings. The van der Waals surface area contributed by atoms with E-state index >= 15 is 0 Å². The van der Waals surface area contributed by atoms with Gasteiger partial charge in [0.15, 0.2) is 5.96 Å². The molecule has 25 heavy (non-hydrogen) atoms. The number of hydrogen-bond acceptors (Lipinski definition) is 2. The predicted octanol–water partition coefficient (Wildman–Crippen LogP) is 4.13. The van der Waals surface area contributed by atoms with Crippen LogP contribution in [0.4, 0.5) is 0 Å². The number of nitrogens with zero attached hydrogens (tertiary/aromatic N) is 1. The van der Waals surface area contributed by atoms with E-state index in [4.69, 9.17) is 21.7 Å². The predicted molar refractivity (Wildman–Crippen MR) is 101 cm³/mol. The van der Waals surface area contributed by atoms with Crippen LogP contribution in [0.2, 0.25) is 5.02 Å². The van der Waals surface area contributed by atoms with Crippen LogP contribution >= 0.6 is 11.6 Å². The molecule has 0 bridgehead atoms. The summed E-state index contributed by atoms with van der Waals surface area (Å²) in [6.45, 7) is 2.51. The summed E-state index contributed by atoms with van der Waals surface area (Å²) in [6, 6.07) is 8.72. The molecule has 136 valence electrons. The Kier molecular flexibility index (Phi) is 4.92. The lowest BCUT2D eigenvalue weighted by Gasteiger charge is -2.41. The lowest BCUT2D eigenvalue weighted by atomic mass is 9.71. The summed E-state index contributed by atoms with van der Waals surface area (Å²) < 4.78 is 5.53. The third kappa shape index (κ3) is 3.26. The van der Waals surface area contributed by atoms with E-state index in [1.807, 2.05) is 12.1 Å². The molecule has 1 aromatic rings. The van der Waals surface area contributed by atoms with Crippen molar-refractivity contribution in [1.29, 1.82) is 5.41 Å². The zero-order valence-electron chi connectivity index (χ0n) is 14.8. The standard InChI is InChI=1S/C20H28ClN3O/c21-17-8-6-16(7-9-17)20(15-4-2-1-3-5-15)14-24(19(22)23-20)18-10-12-25-13-11-18/h6-9,15,18H,1-5,10-14H2,(H2,22,23). The molecule has 4 rings (SSSR count). The molecule has 2 N–H and O–H groups in total. The lowest BCUT2D eigenvalue weighted by molar-refractivity contribution is 0.0512. The van der Waals surface area contributed by atoms with Gasteiger partial charge >= 0.3 is 0 Å². The van der Waals surface area contributed by atoms with Gasteiger partial charge in [0.2, 0.25) is 0 Å². The molecule has 1 unspecified atom stereocenters. The van der Waals surface area contributed by atoms with Crippen molar-refractivity contribution < 1.29 is 4.74 Å². The van der Waals surface area contributed by atoms with E-state index < -0.39 is 0 Å². The fraction of sp³-hybridized carbons (Fsp3) is 0.650. The third-order valence-electron chi connectivity index (χ3n) is 6.34. The summed E-state index contributed by atoms with van der Waals surface area (Å²) in [4.78, 5) is 2.30. The third-order valence-corrected chi connectivity index (χ3v) is 6.59. The van der Waals surface area contributed by atoms with E-state index in [2.05, 4.69) is 22.3 Å². The number of guanidine groups is 1. The van der Waals surface area contributed by atoms with Crippen LogP contribution in [0.5, 0.6) is 0 Å². The zero-order chi connectivity index (χ0) is 17.3. The second-order valence-corrected chi connectivity index (χ2v) is 8.19. The van der Waals surface area contributed by atoms with Gasteiger partial charge in [-0.05, 0) is 49.3 Å². The Balaban J connectivity index is 1.66. The molecule has 3 fully saturated rings. The quantitative estimate of drug-likeness (QED) is 0.850. The Morgan fingerprint density at radius 3 is 2.40 bits per heavy atom. The lowest BCUT2D eigenvalue weighted by Crippen LogP contribution is -2.48. The highest BCUT2D eigenvalue weighted by Crippen LogP contribution is 2.43. The van der Waals surface area contributed by atoms with Crippen LogP contribution in [0.1, 0.15) is 50.5 Å².